The second kappa shape index (κ2) is 8.61. The van der Waals surface area contributed by atoms with Gasteiger partial charge in [0.05, 0.1) is 13.7 Å². The van der Waals surface area contributed by atoms with Crippen LogP contribution in [0.3, 0.4) is 0 Å². The highest BCUT2D eigenvalue weighted by molar-refractivity contribution is 5.94. The molecule has 0 atom stereocenters. The van der Waals surface area contributed by atoms with Crippen molar-refractivity contribution in [3.8, 4) is 5.75 Å². The highest BCUT2D eigenvalue weighted by Gasteiger charge is 2.18. The van der Waals surface area contributed by atoms with E-state index in [2.05, 4.69) is 9.97 Å². The molecule has 0 aliphatic carbocycles. The average molecular weight is 399 g/mol. The smallest absolute Gasteiger partial charge is 0.254 e. The zero-order valence-electron chi connectivity index (χ0n) is 16.5. The van der Waals surface area contributed by atoms with Crippen molar-refractivity contribution in [1.29, 1.82) is 0 Å². The highest BCUT2D eigenvalue weighted by Crippen LogP contribution is 2.20. The van der Waals surface area contributed by atoms with Gasteiger partial charge in [-0.15, -0.1) is 0 Å². The maximum absolute atomic E-state index is 13.2. The van der Waals surface area contributed by atoms with Crippen molar-refractivity contribution in [3.05, 3.63) is 106 Å². The number of ether oxygens (including phenoxy) is 1. The van der Waals surface area contributed by atoms with Gasteiger partial charge in [0.25, 0.3) is 11.5 Å². The van der Waals surface area contributed by atoms with Crippen molar-refractivity contribution in [2.75, 3.05) is 7.11 Å². The van der Waals surface area contributed by atoms with E-state index in [1.54, 1.807) is 42.6 Å². The summed E-state index contributed by atoms with van der Waals surface area (Å²) in [4.78, 5) is 34.6. The van der Waals surface area contributed by atoms with Gasteiger partial charge in [0.2, 0.25) is 0 Å². The van der Waals surface area contributed by atoms with Gasteiger partial charge < -0.3 is 14.6 Å². The van der Waals surface area contributed by atoms with Crippen LogP contribution in [-0.2, 0) is 13.1 Å². The molecule has 30 heavy (non-hydrogen) atoms. The van der Waals surface area contributed by atoms with Gasteiger partial charge in [0, 0.05) is 41.0 Å². The van der Waals surface area contributed by atoms with Gasteiger partial charge in [-0.05, 0) is 48.0 Å². The predicted molar refractivity (Wildman–Crippen MR) is 115 cm³/mol. The zero-order chi connectivity index (χ0) is 20.9. The summed E-state index contributed by atoms with van der Waals surface area (Å²) < 4.78 is 5.29. The molecule has 6 nitrogen and oxygen atoms in total. The maximum Gasteiger partial charge on any atom is 0.254 e. The van der Waals surface area contributed by atoms with E-state index in [-0.39, 0.29) is 18.0 Å². The molecule has 2 heterocycles. The molecule has 6 heteroatoms. The molecule has 0 radical (unpaired) electrons. The van der Waals surface area contributed by atoms with Crippen LogP contribution in [0.5, 0.6) is 5.75 Å². The number of fused-ring (bicyclic) bond motifs is 1. The first-order chi connectivity index (χ1) is 14.6. The first-order valence-electron chi connectivity index (χ1n) is 9.57. The van der Waals surface area contributed by atoms with Crippen LogP contribution in [-0.4, -0.2) is 27.9 Å². The number of carbonyl (C=O) groups excluding carboxylic acids is 1. The lowest BCUT2D eigenvalue weighted by Crippen LogP contribution is -2.32. The zero-order valence-corrected chi connectivity index (χ0v) is 16.5. The molecular weight excluding hydrogens is 378 g/mol. The molecule has 4 aromatic rings. The standard InChI is InChI=1S/C24H21N3O3/c1-30-21-9-10-22-19(13-21)12-20(23(28)26-22)16-27(15-17-6-5-11-25-14-17)24(29)18-7-3-2-4-8-18/h2-14H,15-16H2,1H3,(H,26,28). The van der Waals surface area contributed by atoms with Gasteiger partial charge in [0.1, 0.15) is 5.75 Å². The van der Waals surface area contributed by atoms with E-state index in [0.29, 0.717) is 23.4 Å². The Hall–Kier alpha value is -3.93. The number of pyridine rings is 2. The van der Waals surface area contributed by atoms with Crippen LogP contribution in [0.25, 0.3) is 10.9 Å². The quantitative estimate of drug-likeness (QED) is 0.535. The van der Waals surface area contributed by atoms with E-state index in [1.165, 1.54) is 0 Å². The van der Waals surface area contributed by atoms with Gasteiger partial charge in [-0.3, -0.25) is 14.6 Å². The summed E-state index contributed by atoms with van der Waals surface area (Å²) >= 11 is 0. The largest absolute Gasteiger partial charge is 0.497 e. The maximum atomic E-state index is 13.2. The summed E-state index contributed by atoms with van der Waals surface area (Å²) in [5.41, 5.74) is 2.47. The predicted octanol–water partition coefficient (Wildman–Crippen LogP) is 3.77. The molecule has 0 fully saturated rings. The van der Waals surface area contributed by atoms with Gasteiger partial charge in [-0.1, -0.05) is 24.3 Å². The SMILES string of the molecule is COc1ccc2[nH]c(=O)c(CN(Cc3cccnc3)C(=O)c3ccccc3)cc2c1. The Morgan fingerprint density at radius 1 is 1.03 bits per heavy atom. The van der Waals surface area contributed by atoms with Crippen LogP contribution < -0.4 is 10.3 Å². The topological polar surface area (TPSA) is 75.3 Å². The Morgan fingerprint density at radius 2 is 1.87 bits per heavy atom. The molecule has 0 spiro atoms. The number of nitrogens with one attached hydrogen (secondary N) is 1. The van der Waals surface area contributed by atoms with Crippen LogP contribution in [0.1, 0.15) is 21.5 Å². The summed E-state index contributed by atoms with van der Waals surface area (Å²) in [5, 5.41) is 0.845. The summed E-state index contributed by atoms with van der Waals surface area (Å²) in [6.07, 6.45) is 3.41. The molecular formula is C24H21N3O3. The number of rotatable bonds is 6. The number of amides is 1. The number of aromatic amines is 1. The van der Waals surface area contributed by atoms with E-state index in [0.717, 1.165) is 16.5 Å². The Balaban J connectivity index is 1.71. The van der Waals surface area contributed by atoms with Crippen molar-refractivity contribution in [2.45, 2.75) is 13.1 Å². The van der Waals surface area contributed by atoms with Crippen LogP contribution in [0.2, 0.25) is 0 Å². The molecule has 0 saturated heterocycles. The van der Waals surface area contributed by atoms with Crippen molar-refractivity contribution in [3.63, 3.8) is 0 Å². The van der Waals surface area contributed by atoms with Gasteiger partial charge in [0.15, 0.2) is 0 Å². The number of carbonyl (C=O) groups is 1. The number of hydrogen-bond donors (Lipinski definition) is 1. The fourth-order valence-electron chi connectivity index (χ4n) is 3.35. The number of aromatic nitrogens is 2. The van der Waals surface area contributed by atoms with E-state index in [9.17, 15) is 9.59 Å². The lowest BCUT2D eigenvalue weighted by molar-refractivity contribution is 0.0729. The first-order valence-corrected chi connectivity index (χ1v) is 9.57. The second-order valence-corrected chi connectivity index (χ2v) is 6.97. The van der Waals surface area contributed by atoms with E-state index < -0.39 is 0 Å². The van der Waals surface area contributed by atoms with Crippen molar-refractivity contribution < 1.29 is 9.53 Å². The summed E-state index contributed by atoms with van der Waals surface area (Å²) in [6.45, 7) is 0.516. The molecule has 1 N–H and O–H groups in total. The molecule has 1 amide bonds. The lowest BCUT2D eigenvalue weighted by atomic mass is 10.1. The molecule has 0 aliphatic heterocycles. The third-order valence-corrected chi connectivity index (χ3v) is 4.89. The molecule has 150 valence electrons. The number of nitrogens with zero attached hydrogens (tertiary/aromatic N) is 2. The van der Waals surface area contributed by atoms with Crippen molar-refractivity contribution >= 4 is 16.8 Å². The number of benzene rings is 2. The normalized spacial score (nSPS) is 10.7. The number of methoxy groups -OCH3 is 1. The van der Waals surface area contributed by atoms with Crippen LogP contribution >= 0.6 is 0 Å². The minimum atomic E-state index is -0.218. The number of hydrogen-bond acceptors (Lipinski definition) is 4. The highest BCUT2D eigenvalue weighted by atomic mass is 16.5. The fourth-order valence-corrected chi connectivity index (χ4v) is 3.35. The second-order valence-electron chi connectivity index (χ2n) is 6.97. The minimum Gasteiger partial charge on any atom is -0.497 e. The molecule has 0 saturated carbocycles. The first kappa shape index (κ1) is 19.4. The fraction of sp³-hybridized carbons (Fsp3) is 0.125. The summed E-state index contributed by atoms with van der Waals surface area (Å²) in [6, 6.07) is 20.1. The van der Waals surface area contributed by atoms with Crippen molar-refractivity contribution in [1.82, 2.24) is 14.9 Å². The lowest BCUT2D eigenvalue weighted by Gasteiger charge is -2.23. The molecule has 4 rings (SSSR count). The molecule has 0 aliphatic rings. The average Bonchev–Trinajstić information content (AvgIpc) is 2.79. The summed E-state index contributed by atoms with van der Waals surface area (Å²) in [7, 11) is 1.60. The Morgan fingerprint density at radius 3 is 2.60 bits per heavy atom. The van der Waals surface area contributed by atoms with Gasteiger partial charge in [-0.2, -0.15) is 0 Å². The van der Waals surface area contributed by atoms with Gasteiger partial charge >= 0.3 is 0 Å². The van der Waals surface area contributed by atoms with E-state index in [1.807, 2.05) is 48.5 Å². The Labute approximate surface area is 173 Å². The van der Waals surface area contributed by atoms with E-state index in [4.69, 9.17) is 4.74 Å². The third-order valence-electron chi connectivity index (χ3n) is 4.89. The summed E-state index contributed by atoms with van der Waals surface area (Å²) in [5.74, 6) is 0.553. The molecule has 0 bridgehead atoms. The minimum absolute atomic E-state index is 0.149. The van der Waals surface area contributed by atoms with Crippen molar-refractivity contribution in [2.24, 2.45) is 0 Å². The molecule has 2 aromatic heterocycles. The van der Waals surface area contributed by atoms with Gasteiger partial charge in [-0.25, -0.2) is 0 Å². The third kappa shape index (κ3) is 4.22. The Kier molecular flexibility index (Phi) is 5.57. The van der Waals surface area contributed by atoms with Crippen LogP contribution in [0.15, 0.2) is 83.9 Å². The monoisotopic (exact) mass is 399 g/mol. The van der Waals surface area contributed by atoms with Crippen LogP contribution in [0, 0.1) is 0 Å². The molecule has 0 unspecified atom stereocenters. The van der Waals surface area contributed by atoms with E-state index >= 15 is 0 Å². The Bertz CT molecular complexity index is 1220. The number of H-pyrrole nitrogens is 1. The van der Waals surface area contributed by atoms with Crippen LogP contribution in [0.4, 0.5) is 0 Å². The molecule has 2 aromatic carbocycles.